The zero-order valence-electron chi connectivity index (χ0n) is 13.3. The smallest absolute Gasteiger partial charge is 0.332 e. The van der Waals surface area contributed by atoms with Crippen LogP contribution >= 0.6 is 11.3 Å². The molecule has 6 nitrogen and oxygen atoms in total. The van der Waals surface area contributed by atoms with Gasteiger partial charge in [0.1, 0.15) is 11.2 Å². The fourth-order valence-electron chi connectivity index (χ4n) is 2.32. The van der Waals surface area contributed by atoms with Gasteiger partial charge in [-0.3, -0.25) is 18.7 Å². The van der Waals surface area contributed by atoms with E-state index in [-0.39, 0.29) is 30.0 Å². The number of carbonyl (C=O) groups is 1. The van der Waals surface area contributed by atoms with Crippen molar-refractivity contribution in [2.75, 3.05) is 0 Å². The Labute approximate surface area is 132 Å². The highest BCUT2D eigenvalue weighted by atomic mass is 32.1. The number of hydrogen-bond donors (Lipinski definition) is 1. The third-order valence-electron chi connectivity index (χ3n) is 3.14. The molecule has 0 atom stereocenters. The zero-order valence-corrected chi connectivity index (χ0v) is 14.1. The zero-order chi connectivity index (χ0) is 16.4. The third kappa shape index (κ3) is 3.30. The summed E-state index contributed by atoms with van der Waals surface area (Å²) in [5, 5.41) is 4.53. The van der Waals surface area contributed by atoms with E-state index in [2.05, 4.69) is 5.32 Å². The number of hydrogen-bond acceptors (Lipinski definition) is 4. The van der Waals surface area contributed by atoms with Crippen molar-refractivity contribution in [3.8, 4) is 0 Å². The number of aromatic nitrogens is 2. The van der Waals surface area contributed by atoms with E-state index in [0.717, 1.165) is 0 Å². The van der Waals surface area contributed by atoms with Gasteiger partial charge in [0.05, 0.1) is 5.52 Å². The molecular formula is C15H21N3O3S. The van der Waals surface area contributed by atoms with Gasteiger partial charge in [-0.1, -0.05) is 13.8 Å². The molecule has 0 spiro atoms. The van der Waals surface area contributed by atoms with Crippen molar-refractivity contribution in [2.45, 2.75) is 46.8 Å². The van der Waals surface area contributed by atoms with Gasteiger partial charge in [-0.15, -0.1) is 11.3 Å². The van der Waals surface area contributed by atoms with Crippen LogP contribution in [0.3, 0.4) is 0 Å². The van der Waals surface area contributed by atoms with Crippen LogP contribution in [0.5, 0.6) is 0 Å². The molecule has 0 radical (unpaired) electrons. The Morgan fingerprint density at radius 3 is 2.50 bits per heavy atom. The quantitative estimate of drug-likeness (QED) is 0.904. The number of carbonyl (C=O) groups excluding carboxylic acids is 1. The van der Waals surface area contributed by atoms with Gasteiger partial charge in [0.25, 0.3) is 5.56 Å². The number of fused-ring (bicyclic) bond motifs is 1. The minimum Gasteiger partial charge on any atom is -0.352 e. The van der Waals surface area contributed by atoms with Gasteiger partial charge in [0, 0.05) is 12.6 Å². The molecule has 0 saturated carbocycles. The highest BCUT2D eigenvalue weighted by molar-refractivity contribution is 7.17. The van der Waals surface area contributed by atoms with Crippen molar-refractivity contribution >= 4 is 27.5 Å². The van der Waals surface area contributed by atoms with Gasteiger partial charge in [0.15, 0.2) is 0 Å². The molecular weight excluding hydrogens is 302 g/mol. The molecule has 0 bridgehead atoms. The summed E-state index contributed by atoms with van der Waals surface area (Å²) in [4.78, 5) is 37.0. The normalized spacial score (nSPS) is 11.5. The van der Waals surface area contributed by atoms with Crippen LogP contribution in [0.4, 0.5) is 0 Å². The van der Waals surface area contributed by atoms with Crippen molar-refractivity contribution in [3.63, 3.8) is 0 Å². The fourth-order valence-corrected chi connectivity index (χ4v) is 3.17. The summed E-state index contributed by atoms with van der Waals surface area (Å²) in [6, 6.07) is 1.72. The van der Waals surface area contributed by atoms with E-state index in [9.17, 15) is 14.4 Å². The second-order valence-corrected chi connectivity index (χ2v) is 6.95. The Morgan fingerprint density at radius 1 is 1.23 bits per heavy atom. The van der Waals surface area contributed by atoms with Gasteiger partial charge in [0.2, 0.25) is 5.91 Å². The Hall–Kier alpha value is -1.89. The third-order valence-corrected chi connectivity index (χ3v) is 4.03. The number of rotatable bonds is 5. The minimum absolute atomic E-state index is 0.00253. The topological polar surface area (TPSA) is 73.1 Å². The lowest BCUT2D eigenvalue weighted by Crippen LogP contribution is -2.43. The number of thiophene rings is 1. The lowest BCUT2D eigenvalue weighted by atomic mass is 10.2. The molecule has 0 aliphatic rings. The maximum absolute atomic E-state index is 12.6. The second kappa shape index (κ2) is 6.48. The van der Waals surface area contributed by atoms with Gasteiger partial charge < -0.3 is 5.32 Å². The molecule has 2 aromatic heterocycles. The average molecular weight is 323 g/mol. The first kappa shape index (κ1) is 16.5. The second-order valence-electron chi connectivity index (χ2n) is 6.04. The predicted molar refractivity (Wildman–Crippen MR) is 88.5 cm³/mol. The fraction of sp³-hybridized carbons (Fsp3) is 0.533. The van der Waals surface area contributed by atoms with Crippen LogP contribution in [-0.4, -0.2) is 21.1 Å². The minimum atomic E-state index is -0.427. The molecule has 0 fully saturated rings. The van der Waals surface area contributed by atoms with Crippen molar-refractivity contribution in [2.24, 2.45) is 5.92 Å². The molecule has 22 heavy (non-hydrogen) atoms. The van der Waals surface area contributed by atoms with Crippen LogP contribution < -0.4 is 16.6 Å². The van der Waals surface area contributed by atoms with Crippen LogP contribution in [0.25, 0.3) is 10.2 Å². The molecule has 0 unspecified atom stereocenters. The Balaban J connectivity index is 2.57. The first-order valence-electron chi connectivity index (χ1n) is 7.31. The lowest BCUT2D eigenvalue weighted by molar-refractivity contribution is -0.122. The highest BCUT2D eigenvalue weighted by Gasteiger charge is 2.17. The number of amides is 1. The maximum atomic E-state index is 12.6. The van der Waals surface area contributed by atoms with E-state index < -0.39 is 5.69 Å². The summed E-state index contributed by atoms with van der Waals surface area (Å²) >= 11 is 1.29. The van der Waals surface area contributed by atoms with Gasteiger partial charge in [-0.25, -0.2) is 4.79 Å². The molecule has 2 heterocycles. The molecule has 0 aromatic carbocycles. The molecule has 0 saturated heterocycles. The van der Waals surface area contributed by atoms with E-state index in [1.54, 1.807) is 11.4 Å². The SMILES string of the molecule is CC(C)Cn1c(=O)c2sccc2n(CC(=O)NC(C)C)c1=O. The average Bonchev–Trinajstić information content (AvgIpc) is 2.87. The summed E-state index contributed by atoms with van der Waals surface area (Å²) in [7, 11) is 0. The predicted octanol–water partition coefficient (Wildman–Crippen LogP) is 1.41. The van der Waals surface area contributed by atoms with Crippen molar-refractivity contribution in [3.05, 3.63) is 32.3 Å². The van der Waals surface area contributed by atoms with Crippen molar-refractivity contribution in [1.82, 2.24) is 14.5 Å². The van der Waals surface area contributed by atoms with Crippen molar-refractivity contribution in [1.29, 1.82) is 0 Å². The standard InChI is InChI=1S/C15H21N3O3S/c1-9(2)7-18-14(20)13-11(5-6-22-13)17(15(18)21)8-12(19)16-10(3)4/h5-6,9-10H,7-8H2,1-4H3,(H,16,19). The Kier molecular flexibility index (Phi) is 4.85. The van der Waals surface area contributed by atoms with E-state index in [1.807, 2.05) is 27.7 Å². The van der Waals surface area contributed by atoms with Crippen LogP contribution in [-0.2, 0) is 17.9 Å². The lowest BCUT2D eigenvalue weighted by Gasteiger charge is -2.14. The Bertz CT molecular complexity index is 798. The summed E-state index contributed by atoms with van der Waals surface area (Å²) < 4.78 is 3.12. The maximum Gasteiger partial charge on any atom is 0.332 e. The van der Waals surface area contributed by atoms with E-state index in [0.29, 0.717) is 16.8 Å². The van der Waals surface area contributed by atoms with Gasteiger partial charge >= 0.3 is 5.69 Å². The molecule has 1 N–H and O–H groups in total. The molecule has 2 aromatic rings. The molecule has 0 aliphatic carbocycles. The van der Waals surface area contributed by atoms with Crippen LogP contribution in [0, 0.1) is 5.92 Å². The Morgan fingerprint density at radius 2 is 1.91 bits per heavy atom. The first-order chi connectivity index (χ1) is 10.3. The molecule has 0 aliphatic heterocycles. The van der Waals surface area contributed by atoms with Crippen molar-refractivity contribution < 1.29 is 4.79 Å². The van der Waals surface area contributed by atoms with E-state index in [4.69, 9.17) is 0 Å². The number of nitrogens with one attached hydrogen (secondary N) is 1. The molecule has 120 valence electrons. The summed E-state index contributed by atoms with van der Waals surface area (Å²) in [6.07, 6.45) is 0. The molecule has 2 rings (SSSR count). The monoisotopic (exact) mass is 323 g/mol. The summed E-state index contributed by atoms with van der Waals surface area (Å²) in [5.41, 5.74) is -0.174. The highest BCUT2D eigenvalue weighted by Crippen LogP contribution is 2.15. The van der Waals surface area contributed by atoms with E-state index >= 15 is 0 Å². The molecule has 1 amide bonds. The van der Waals surface area contributed by atoms with Crippen LogP contribution in [0.15, 0.2) is 21.0 Å². The van der Waals surface area contributed by atoms with Crippen LogP contribution in [0.2, 0.25) is 0 Å². The summed E-state index contributed by atoms with van der Waals surface area (Å²) in [5.74, 6) is -0.0694. The van der Waals surface area contributed by atoms with Gasteiger partial charge in [-0.2, -0.15) is 0 Å². The van der Waals surface area contributed by atoms with E-state index in [1.165, 1.54) is 20.5 Å². The largest absolute Gasteiger partial charge is 0.352 e. The van der Waals surface area contributed by atoms with Gasteiger partial charge in [-0.05, 0) is 31.2 Å². The van der Waals surface area contributed by atoms with Crippen LogP contribution in [0.1, 0.15) is 27.7 Å². The first-order valence-corrected chi connectivity index (χ1v) is 8.19. The number of nitrogens with zero attached hydrogens (tertiary/aromatic N) is 2. The molecule has 7 heteroatoms. The summed E-state index contributed by atoms with van der Waals surface area (Å²) in [6.45, 7) is 7.88.